The zero-order valence-electron chi connectivity index (χ0n) is 10.4. The van der Waals surface area contributed by atoms with Crippen molar-refractivity contribution in [3.63, 3.8) is 0 Å². The van der Waals surface area contributed by atoms with E-state index in [4.69, 9.17) is 4.42 Å². The summed E-state index contributed by atoms with van der Waals surface area (Å²) in [7, 11) is 1.37. The molecule has 0 radical (unpaired) electrons. The molecule has 0 aliphatic heterocycles. The first kappa shape index (κ1) is 13.2. The number of hydroxylamine groups is 1. The third-order valence-electron chi connectivity index (χ3n) is 2.46. The van der Waals surface area contributed by atoms with Crippen LogP contribution in [0.25, 0.3) is 11.3 Å². The number of rotatable bonds is 5. The van der Waals surface area contributed by atoms with Crippen LogP contribution in [0.2, 0.25) is 0 Å². The molecule has 100 valence electrons. The van der Waals surface area contributed by atoms with Crippen LogP contribution in [0.5, 0.6) is 0 Å². The second-order valence-corrected chi connectivity index (χ2v) is 3.85. The average Bonchev–Trinajstić information content (AvgIpc) is 2.86. The number of oxazole rings is 1. The second kappa shape index (κ2) is 6.10. The van der Waals surface area contributed by atoms with Crippen LogP contribution in [-0.4, -0.2) is 18.0 Å². The summed E-state index contributed by atoms with van der Waals surface area (Å²) in [6, 6.07) is 5.92. The van der Waals surface area contributed by atoms with Gasteiger partial charge in [0.05, 0.1) is 13.3 Å². The fourth-order valence-corrected chi connectivity index (χ4v) is 1.56. The van der Waals surface area contributed by atoms with Crippen molar-refractivity contribution in [2.45, 2.75) is 12.8 Å². The van der Waals surface area contributed by atoms with Gasteiger partial charge in [-0.1, -0.05) is 0 Å². The van der Waals surface area contributed by atoms with Crippen molar-refractivity contribution in [1.82, 2.24) is 10.5 Å². The molecule has 1 amide bonds. The Morgan fingerprint density at radius 3 is 2.84 bits per heavy atom. The molecule has 2 rings (SSSR count). The molecule has 0 saturated heterocycles. The van der Waals surface area contributed by atoms with Crippen LogP contribution in [0.4, 0.5) is 4.39 Å². The van der Waals surface area contributed by atoms with Crippen molar-refractivity contribution in [3.05, 3.63) is 42.2 Å². The second-order valence-electron chi connectivity index (χ2n) is 3.85. The van der Waals surface area contributed by atoms with E-state index in [-0.39, 0.29) is 18.1 Å². The average molecular weight is 264 g/mol. The fourth-order valence-electron chi connectivity index (χ4n) is 1.56. The Kier molecular flexibility index (Phi) is 4.25. The van der Waals surface area contributed by atoms with E-state index in [1.807, 2.05) is 0 Å². The normalized spacial score (nSPS) is 10.4. The molecule has 0 aliphatic carbocycles. The highest BCUT2D eigenvalue weighted by Crippen LogP contribution is 2.21. The van der Waals surface area contributed by atoms with Crippen LogP contribution in [0, 0.1) is 5.82 Å². The van der Waals surface area contributed by atoms with E-state index in [0.717, 1.165) is 5.56 Å². The van der Waals surface area contributed by atoms with Crippen molar-refractivity contribution < 1.29 is 18.4 Å². The molecule has 0 saturated carbocycles. The molecular formula is C13H13FN2O3. The number of halogens is 1. The Morgan fingerprint density at radius 2 is 2.16 bits per heavy atom. The largest absolute Gasteiger partial charge is 0.441 e. The van der Waals surface area contributed by atoms with Gasteiger partial charge in [0.15, 0.2) is 11.7 Å². The molecule has 0 unspecified atom stereocenters. The molecule has 0 spiro atoms. The van der Waals surface area contributed by atoms with Crippen LogP contribution >= 0.6 is 0 Å². The van der Waals surface area contributed by atoms with E-state index in [2.05, 4.69) is 15.3 Å². The Morgan fingerprint density at radius 1 is 1.42 bits per heavy atom. The van der Waals surface area contributed by atoms with E-state index in [9.17, 15) is 9.18 Å². The first-order valence-electron chi connectivity index (χ1n) is 5.71. The summed E-state index contributed by atoms with van der Waals surface area (Å²) in [6.07, 6.45) is 2.14. The molecule has 0 atom stereocenters. The van der Waals surface area contributed by atoms with E-state index >= 15 is 0 Å². The van der Waals surface area contributed by atoms with Gasteiger partial charge >= 0.3 is 0 Å². The summed E-state index contributed by atoms with van der Waals surface area (Å²) >= 11 is 0. The highest BCUT2D eigenvalue weighted by atomic mass is 19.1. The number of amides is 1. The lowest BCUT2D eigenvalue weighted by Crippen LogP contribution is -2.21. The Hall–Kier alpha value is -2.21. The number of nitrogens with one attached hydrogen (secondary N) is 1. The van der Waals surface area contributed by atoms with Crippen LogP contribution in [-0.2, 0) is 16.1 Å². The predicted molar refractivity (Wildman–Crippen MR) is 65.4 cm³/mol. The van der Waals surface area contributed by atoms with Crippen molar-refractivity contribution in [3.8, 4) is 11.3 Å². The molecular weight excluding hydrogens is 251 g/mol. The maximum Gasteiger partial charge on any atom is 0.244 e. The molecule has 2 aromatic rings. The van der Waals surface area contributed by atoms with Crippen molar-refractivity contribution >= 4 is 5.91 Å². The summed E-state index contributed by atoms with van der Waals surface area (Å²) in [5.41, 5.74) is 2.95. The summed E-state index contributed by atoms with van der Waals surface area (Å²) in [5.74, 6) is 0.441. The van der Waals surface area contributed by atoms with Crippen LogP contribution in [0.3, 0.4) is 0 Å². The third kappa shape index (κ3) is 3.62. The predicted octanol–water partition coefficient (Wildman–Crippen LogP) is 2.09. The summed E-state index contributed by atoms with van der Waals surface area (Å²) in [4.78, 5) is 19.7. The summed E-state index contributed by atoms with van der Waals surface area (Å²) in [6.45, 7) is 0. The van der Waals surface area contributed by atoms with Gasteiger partial charge in [-0.2, -0.15) is 0 Å². The van der Waals surface area contributed by atoms with Gasteiger partial charge in [-0.15, -0.1) is 0 Å². The van der Waals surface area contributed by atoms with E-state index in [1.54, 1.807) is 18.3 Å². The number of aryl methyl sites for hydroxylation is 1. The number of nitrogens with zero attached hydrogens (tertiary/aromatic N) is 1. The highest BCUT2D eigenvalue weighted by molar-refractivity contribution is 5.74. The molecule has 1 N–H and O–H groups in total. The number of hydrogen-bond acceptors (Lipinski definition) is 4. The van der Waals surface area contributed by atoms with Crippen LogP contribution in [0.1, 0.15) is 12.3 Å². The number of benzene rings is 1. The number of aromatic nitrogens is 1. The topological polar surface area (TPSA) is 64.4 Å². The molecule has 1 aromatic heterocycles. The molecule has 0 aliphatic rings. The number of carbonyl (C=O) groups excluding carboxylic acids is 1. The molecule has 0 bridgehead atoms. The Balaban J connectivity index is 1.99. The van der Waals surface area contributed by atoms with E-state index in [0.29, 0.717) is 18.1 Å². The van der Waals surface area contributed by atoms with E-state index in [1.165, 1.54) is 19.2 Å². The van der Waals surface area contributed by atoms with Gasteiger partial charge in [0, 0.05) is 18.4 Å². The van der Waals surface area contributed by atoms with Gasteiger partial charge < -0.3 is 4.42 Å². The zero-order valence-corrected chi connectivity index (χ0v) is 10.4. The first-order chi connectivity index (χ1) is 9.19. The smallest absolute Gasteiger partial charge is 0.244 e. The monoisotopic (exact) mass is 264 g/mol. The lowest BCUT2D eigenvalue weighted by atomic mass is 10.2. The summed E-state index contributed by atoms with van der Waals surface area (Å²) < 4.78 is 18.3. The molecule has 1 aromatic carbocycles. The SMILES string of the molecule is CONC(=O)CCc1ncc(-c2ccc(F)cc2)o1. The van der Waals surface area contributed by atoms with Gasteiger partial charge in [-0.05, 0) is 24.3 Å². The minimum atomic E-state index is -0.306. The van der Waals surface area contributed by atoms with Crippen LogP contribution < -0.4 is 5.48 Å². The van der Waals surface area contributed by atoms with Gasteiger partial charge in [-0.25, -0.2) is 14.9 Å². The number of hydrogen-bond donors (Lipinski definition) is 1. The van der Waals surface area contributed by atoms with Crippen LogP contribution in [0.15, 0.2) is 34.9 Å². The van der Waals surface area contributed by atoms with E-state index < -0.39 is 0 Å². The third-order valence-corrected chi connectivity index (χ3v) is 2.46. The number of carbonyl (C=O) groups is 1. The fraction of sp³-hybridized carbons (Fsp3) is 0.231. The lowest BCUT2D eigenvalue weighted by Gasteiger charge is -1.99. The quantitative estimate of drug-likeness (QED) is 0.840. The highest BCUT2D eigenvalue weighted by Gasteiger charge is 2.08. The molecule has 5 nitrogen and oxygen atoms in total. The molecule has 6 heteroatoms. The summed E-state index contributed by atoms with van der Waals surface area (Å²) in [5, 5.41) is 0. The van der Waals surface area contributed by atoms with Crippen molar-refractivity contribution in [2.24, 2.45) is 0 Å². The lowest BCUT2D eigenvalue weighted by molar-refractivity contribution is -0.131. The van der Waals surface area contributed by atoms with Crippen molar-refractivity contribution in [1.29, 1.82) is 0 Å². The van der Waals surface area contributed by atoms with Gasteiger partial charge in [0.1, 0.15) is 5.82 Å². The Bertz CT molecular complexity index is 551. The Labute approximate surface area is 109 Å². The molecule has 1 heterocycles. The zero-order chi connectivity index (χ0) is 13.7. The van der Waals surface area contributed by atoms with Crippen molar-refractivity contribution in [2.75, 3.05) is 7.11 Å². The molecule has 19 heavy (non-hydrogen) atoms. The standard InChI is InChI=1S/C13H13FN2O3/c1-18-16-12(17)6-7-13-15-8-11(19-13)9-2-4-10(14)5-3-9/h2-5,8H,6-7H2,1H3,(H,16,17). The molecule has 0 fully saturated rings. The minimum Gasteiger partial charge on any atom is -0.441 e. The maximum absolute atomic E-state index is 12.8. The first-order valence-corrected chi connectivity index (χ1v) is 5.71. The van der Waals surface area contributed by atoms with Gasteiger partial charge in [0.25, 0.3) is 0 Å². The minimum absolute atomic E-state index is 0.219. The van der Waals surface area contributed by atoms with Gasteiger partial charge in [0.2, 0.25) is 5.91 Å². The maximum atomic E-state index is 12.8. The van der Waals surface area contributed by atoms with Gasteiger partial charge in [-0.3, -0.25) is 9.63 Å².